The first-order chi connectivity index (χ1) is 15.8. The molecule has 12 nitrogen and oxygen atoms in total. The minimum absolute atomic E-state index is 0.0109. The molecular formula is C20H28N6O6S. The Morgan fingerprint density at radius 2 is 1.97 bits per heavy atom. The quantitative estimate of drug-likeness (QED) is 0.400. The molecule has 1 N–H and O–H groups in total. The number of morpholine rings is 1. The number of carbonyl (C=O) groups excluding carboxylic acids is 1. The maximum atomic E-state index is 13.1. The zero-order valence-electron chi connectivity index (χ0n) is 18.6. The van der Waals surface area contributed by atoms with Gasteiger partial charge in [0, 0.05) is 39.1 Å². The van der Waals surface area contributed by atoms with Crippen LogP contribution in [0.3, 0.4) is 0 Å². The van der Waals surface area contributed by atoms with Gasteiger partial charge in [-0.25, -0.2) is 8.42 Å². The maximum Gasteiger partial charge on any atom is 0.306 e. The molecule has 1 aliphatic heterocycles. The molecule has 0 bridgehead atoms. The summed E-state index contributed by atoms with van der Waals surface area (Å²) in [5, 5.41) is 17.5. The van der Waals surface area contributed by atoms with Gasteiger partial charge in [-0.15, -0.1) is 0 Å². The van der Waals surface area contributed by atoms with Crippen molar-refractivity contribution in [2.75, 3.05) is 49.6 Å². The van der Waals surface area contributed by atoms with Gasteiger partial charge in [0.2, 0.25) is 15.9 Å². The minimum atomic E-state index is -3.73. The van der Waals surface area contributed by atoms with Gasteiger partial charge in [-0.2, -0.15) is 9.40 Å². The Morgan fingerprint density at radius 1 is 1.27 bits per heavy atom. The van der Waals surface area contributed by atoms with Crippen molar-refractivity contribution in [2.24, 2.45) is 0 Å². The molecular weight excluding hydrogens is 452 g/mol. The molecule has 33 heavy (non-hydrogen) atoms. The second-order valence-electron chi connectivity index (χ2n) is 7.38. The Labute approximate surface area is 192 Å². The number of amides is 1. The molecule has 1 saturated heterocycles. The van der Waals surface area contributed by atoms with Crippen LogP contribution >= 0.6 is 0 Å². The summed E-state index contributed by atoms with van der Waals surface area (Å²) < 4.78 is 34.1. The molecule has 0 aliphatic carbocycles. The molecule has 3 rings (SSSR count). The number of carbonyl (C=O) groups is 1. The van der Waals surface area contributed by atoms with Gasteiger partial charge in [0.15, 0.2) is 0 Å². The van der Waals surface area contributed by atoms with E-state index in [2.05, 4.69) is 10.4 Å². The Bertz CT molecular complexity index is 1090. The fourth-order valence-corrected chi connectivity index (χ4v) is 4.98. The predicted octanol–water partition coefficient (Wildman–Crippen LogP) is 1.69. The second-order valence-corrected chi connectivity index (χ2v) is 9.32. The summed E-state index contributed by atoms with van der Waals surface area (Å²) in [6.07, 6.45) is 2.39. The smallest absolute Gasteiger partial charge is 0.306 e. The average molecular weight is 481 g/mol. The number of nitrogens with zero attached hydrogens (tertiary/aromatic N) is 5. The van der Waals surface area contributed by atoms with Crippen LogP contribution in [0.5, 0.6) is 0 Å². The Balaban J connectivity index is 1.81. The first kappa shape index (κ1) is 24.6. The predicted molar refractivity (Wildman–Crippen MR) is 122 cm³/mol. The van der Waals surface area contributed by atoms with Gasteiger partial charge < -0.3 is 15.0 Å². The summed E-state index contributed by atoms with van der Waals surface area (Å²) in [6, 6.07) is 4.74. The van der Waals surface area contributed by atoms with Crippen molar-refractivity contribution in [1.29, 1.82) is 0 Å². The van der Waals surface area contributed by atoms with Crippen molar-refractivity contribution in [1.82, 2.24) is 14.1 Å². The van der Waals surface area contributed by atoms with Gasteiger partial charge in [0.1, 0.15) is 12.4 Å². The molecule has 1 amide bonds. The maximum absolute atomic E-state index is 13.1. The summed E-state index contributed by atoms with van der Waals surface area (Å²) in [6.45, 7) is 6.66. The van der Waals surface area contributed by atoms with E-state index < -0.39 is 14.9 Å². The van der Waals surface area contributed by atoms with E-state index >= 15 is 0 Å². The molecule has 2 aromatic rings. The lowest BCUT2D eigenvalue weighted by Gasteiger charge is -2.28. The summed E-state index contributed by atoms with van der Waals surface area (Å²) in [7, 11) is -3.73. The molecule has 2 heterocycles. The molecule has 0 atom stereocenters. The van der Waals surface area contributed by atoms with Crippen molar-refractivity contribution in [3.8, 4) is 0 Å². The van der Waals surface area contributed by atoms with Gasteiger partial charge in [0.25, 0.3) is 0 Å². The minimum Gasteiger partial charge on any atom is -0.379 e. The third-order valence-corrected chi connectivity index (χ3v) is 7.25. The van der Waals surface area contributed by atoms with Crippen molar-refractivity contribution in [3.05, 3.63) is 40.7 Å². The molecule has 13 heteroatoms. The van der Waals surface area contributed by atoms with Crippen molar-refractivity contribution in [3.63, 3.8) is 0 Å². The normalized spacial score (nSPS) is 14.7. The van der Waals surface area contributed by atoms with Crippen LogP contribution in [0.4, 0.5) is 17.1 Å². The molecule has 1 fully saturated rings. The number of aryl methyl sites for hydroxylation is 1. The van der Waals surface area contributed by atoms with Crippen LogP contribution in [-0.2, 0) is 26.1 Å². The highest BCUT2D eigenvalue weighted by Gasteiger charge is 2.27. The molecule has 1 aliphatic rings. The highest BCUT2D eigenvalue weighted by Crippen LogP contribution is 2.30. The fraction of sp³-hybridized carbons (Fsp3) is 0.500. The summed E-state index contributed by atoms with van der Waals surface area (Å²) >= 11 is 0. The second kappa shape index (κ2) is 10.7. The van der Waals surface area contributed by atoms with Crippen molar-refractivity contribution in [2.45, 2.75) is 31.7 Å². The standard InChI is InChI=1S/C20H28N6O6S/c1-3-23(4-2)19-6-5-17(33(30,31)25-9-11-32-12-10-25)13-18(19)22-20(27)7-8-24-15-16(14-21-24)26(28)29/h5-6,13-15H,3-4,7-12H2,1-2H3,(H,22,27). The number of nitrogens with one attached hydrogen (secondary N) is 1. The van der Waals surface area contributed by atoms with E-state index in [0.717, 1.165) is 6.20 Å². The van der Waals surface area contributed by atoms with E-state index in [1.807, 2.05) is 18.7 Å². The van der Waals surface area contributed by atoms with E-state index in [9.17, 15) is 23.3 Å². The van der Waals surface area contributed by atoms with Gasteiger partial charge >= 0.3 is 5.69 Å². The van der Waals surface area contributed by atoms with Crippen LogP contribution in [0.1, 0.15) is 20.3 Å². The topological polar surface area (TPSA) is 140 Å². The number of aromatic nitrogens is 2. The first-order valence-electron chi connectivity index (χ1n) is 10.7. The Hall–Kier alpha value is -3.03. The number of rotatable bonds is 10. The third-order valence-electron chi connectivity index (χ3n) is 5.35. The van der Waals surface area contributed by atoms with Crippen LogP contribution in [0, 0.1) is 10.1 Å². The van der Waals surface area contributed by atoms with Crippen LogP contribution < -0.4 is 10.2 Å². The molecule has 0 radical (unpaired) electrons. The molecule has 180 valence electrons. The lowest BCUT2D eigenvalue weighted by Crippen LogP contribution is -2.40. The van der Waals surface area contributed by atoms with Crippen molar-refractivity contribution < 1.29 is 22.9 Å². The molecule has 0 unspecified atom stereocenters. The lowest BCUT2D eigenvalue weighted by molar-refractivity contribution is -0.385. The summed E-state index contributed by atoms with van der Waals surface area (Å²) in [4.78, 5) is 25.0. The average Bonchev–Trinajstić information content (AvgIpc) is 3.29. The number of benzene rings is 1. The van der Waals surface area contributed by atoms with Crippen LogP contribution in [0.2, 0.25) is 0 Å². The molecule has 1 aromatic heterocycles. The van der Waals surface area contributed by atoms with Gasteiger partial charge in [-0.1, -0.05) is 0 Å². The Kier molecular flexibility index (Phi) is 8.00. The van der Waals surface area contributed by atoms with Crippen LogP contribution in [-0.4, -0.2) is 72.7 Å². The number of nitro groups is 1. The number of hydrogen-bond acceptors (Lipinski definition) is 8. The SMILES string of the molecule is CCN(CC)c1ccc(S(=O)(=O)N2CCOCC2)cc1NC(=O)CCn1cc([N+](=O)[O-])cn1. The molecule has 0 spiro atoms. The summed E-state index contributed by atoms with van der Waals surface area (Å²) in [5.74, 6) is -0.359. The van der Waals surface area contributed by atoms with E-state index in [4.69, 9.17) is 4.74 Å². The van der Waals surface area contributed by atoms with Crippen LogP contribution in [0.15, 0.2) is 35.5 Å². The number of anilines is 2. The third kappa shape index (κ3) is 5.86. The zero-order chi connectivity index (χ0) is 24.0. The number of sulfonamides is 1. The highest BCUT2D eigenvalue weighted by molar-refractivity contribution is 7.89. The largest absolute Gasteiger partial charge is 0.379 e. The number of hydrogen-bond donors (Lipinski definition) is 1. The monoisotopic (exact) mass is 480 g/mol. The van der Waals surface area contributed by atoms with Crippen LogP contribution in [0.25, 0.3) is 0 Å². The molecule has 0 saturated carbocycles. The van der Waals surface area contributed by atoms with Gasteiger partial charge in [-0.05, 0) is 32.0 Å². The van der Waals surface area contributed by atoms with E-state index in [1.54, 1.807) is 12.1 Å². The lowest BCUT2D eigenvalue weighted by atomic mass is 10.2. The highest BCUT2D eigenvalue weighted by atomic mass is 32.2. The zero-order valence-corrected chi connectivity index (χ0v) is 19.5. The van der Waals surface area contributed by atoms with Gasteiger partial charge in [0.05, 0.1) is 34.4 Å². The summed E-state index contributed by atoms with van der Waals surface area (Å²) in [5.41, 5.74) is 0.953. The van der Waals surface area contributed by atoms with Gasteiger partial charge in [-0.3, -0.25) is 19.6 Å². The van der Waals surface area contributed by atoms with E-state index in [1.165, 1.54) is 21.3 Å². The van der Waals surface area contributed by atoms with E-state index in [0.29, 0.717) is 37.7 Å². The number of ether oxygens (including phenoxy) is 1. The van der Waals surface area contributed by atoms with E-state index in [-0.39, 0.29) is 42.5 Å². The fourth-order valence-electron chi connectivity index (χ4n) is 3.55. The molecule has 1 aromatic carbocycles. The first-order valence-corrected chi connectivity index (χ1v) is 12.1. The Morgan fingerprint density at radius 3 is 2.58 bits per heavy atom. The van der Waals surface area contributed by atoms with Crippen molar-refractivity contribution >= 4 is 33.0 Å².